The van der Waals surface area contributed by atoms with Gasteiger partial charge in [-0.05, 0) is 38.5 Å². The van der Waals surface area contributed by atoms with Crippen molar-refractivity contribution in [1.82, 2.24) is 5.32 Å². The molecule has 17 atom stereocenters. The zero-order valence-corrected chi connectivity index (χ0v) is 58.5. The van der Waals surface area contributed by atoms with Crippen LogP contribution in [-0.2, 0) is 33.2 Å². The summed E-state index contributed by atoms with van der Waals surface area (Å²) in [5.74, 6) is -0.241. The van der Waals surface area contributed by atoms with E-state index in [1.54, 1.807) is 0 Å². The predicted octanol–water partition coefficient (Wildman–Crippen LogP) is 11.6. The van der Waals surface area contributed by atoms with Gasteiger partial charge in [0.25, 0.3) is 0 Å². The molecule has 0 aromatic carbocycles. The molecule has 3 fully saturated rings. The van der Waals surface area contributed by atoms with Gasteiger partial charge >= 0.3 is 0 Å². The second-order valence-electron chi connectivity index (χ2n) is 27.8. The Hall–Kier alpha value is -1.47. The van der Waals surface area contributed by atoms with Crippen LogP contribution in [0.5, 0.6) is 0 Å². The van der Waals surface area contributed by atoms with Crippen LogP contribution in [0.1, 0.15) is 322 Å². The second kappa shape index (κ2) is 56.3. The van der Waals surface area contributed by atoms with E-state index in [1.807, 2.05) is 0 Å². The van der Waals surface area contributed by atoms with Gasteiger partial charge < -0.3 is 89.9 Å². The number of amides is 1. The number of aliphatic hydroxyl groups is 11. The summed E-state index contributed by atoms with van der Waals surface area (Å²) in [4.78, 5) is 13.3. The largest absolute Gasteiger partial charge is 0.394 e. The van der Waals surface area contributed by atoms with Gasteiger partial charge in [0.15, 0.2) is 18.9 Å². The van der Waals surface area contributed by atoms with Crippen LogP contribution in [0.15, 0.2) is 12.2 Å². The monoisotopic (exact) mass is 1330 g/mol. The van der Waals surface area contributed by atoms with Crippen molar-refractivity contribution in [1.29, 1.82) is 0 Å². The minimum Gasteiger partial charge on any atom is -0.394 e. The SMILES string of the molecule is CCCCCCCCCC/C=C\CCCCCCCCCCCCCCCCCCCCCCCCCCCCCCCC(=O)NC(COC1OC(CO)C(OC2OC(CO)C(OC3OC(CO)C(O)C(O)C3O)C(O)C2O)C(O)C1O)C(O)CCCCCCCCC. The maximum atomic E-state index is 13.3. The van der Waals surface area contributed by atoms with E-state index in [0.717, 1.165) is 57.8 Å². The quantitative estimate of drug-likeness (QED) is 0.0199. The summed E-state index contributed by atoms with van der Waals surface area (Å²) < 4.78 is 34.3. The Kier molecular flexibility index (Phi) is 51.9. The Labute approximate surface area is 563 Å². The van der Waals surface area contributed by atoms with Crippen LogP contribution in [0.25, 0.3) is 0 Å². The van der Waals surface area contributed by atoms with Crippen molar-refractivity contribution in [3.63, 3.8) is 0 Å². The molecule has 3 aliphatic heterocycles. The molecular formula is C74H141NO18. The standard InChI is InChI=1S/C74H141NO18/c1-3-5-7-9-11-12-13-14-15-16-17-18-19-20-21-22-23-24-25-26-27-28-29-30-31-32-33-34-35-36-37-38-39-40-41-42-43-44-46-48-50-52-62(80)75-57(58(79)51-49-47-45-10-8-6-4-2)56-88-72-68(86)65(83)70(60(54-77)90-72)93-74-69(87)66(84)71(61(55-78)91-74)92-73-67(85)64(82)63(81)59(53-76)89-73/h16-17,57-61,63-74,76-79,81-87H,3-15,18-56H2,1-2H3,(H,75,80)/b17-16-. The Morgan fingerprint density at radius 3 is 1.04 bits per heavy atom. The summed E-state index contributed by atoms with van der Waals surface area (Å²) in [6, 6.07) is -0.880. The minimum atomic E-state index is -1.97. The third-order valence-corrected chi connectivity index (χ3v) is 19.6. The topological polar surface area (TPSA) is 307 Å². The number of allylic oxidation sites excluding steroid dienone is 2. The summed E-state index contributed by atoms with van der Waals surface area (Å²) in [6.45, 7) is 1.76. The second-order valence-corrected chi connectivity index (χ2v) is 27.8. The first kappa shape index (κ1) is 85.8. The van der Waals surface area contributed by atoms with Crippen molar-refractivity contribution in [3.8, 4) is 0 Å². The molecule has 0 aromatic heterocycles. The maximum absolute atomic E-state index is 13.3. The zero-order valence-electron chi connectivity index (χ0n) is 58.5. The highest BCUT2D eigenvalue weighted by Crippen LogP contribution is 2.33. The summed E-state index contributed by atoms with van der Waals surface area (Å²) in [6.07, 6.45) is 38.4. The van der Waals surface area contributed by atoms with Crippen molar-refractivity contribution >= 4 is 5.91 Å². The zero-order chi connectivity index (χ0) is 67.5. The highest BCUT2D eigenvalue weighted by Gasteiger charge is 2.53. The van der Waals surface area contributed by atoms with Gasteiger partial charge in [0.1, 0.15) is 73.2 Å². The van der Waals surface area contributed by atoms with Gasteiger partial charge in [0.05, 0.1) is 38.6 Å². The molecule has 0 radical (unpaired) electrons. The predicted molar refractivity (Wildman–Crippen MR) is 365 cm³/mol. The normalized spacial score (nSPS) is 27.5. The average molecular weight is 1330 g/mol. The van der Waals surface area contributed by atoms with Crippen LogP contribution in [0.4, 0.5) is 0 Å². The van der Waals surface area contributed by atoms with E-state index in [-0.39, 0.29) is 18.9 Å². The fourth-order valence-electron chi connectivity index (χ4n) is 13.4. The van der Waals surface area contributed by atoms with Crippen molar-refractivity contribution in [2.24, 2.45) is 0 Å². The molecule has 0 spiro atoms. The lowest BCUT2D eigenvalue weighted by atomic mass is 9.96. The van der Waals surface area contributed by atoms with Gasteiger partial charge in [-0.25, -0.2) is 0 Å². The first-order valence-electron chi connectivity index (χ1n) is 38.4. The lowest BCUT2D eigenvalue weighted by Gasteiger charge is -2.48. The van der Waals surface area contributed by atoms with Crippen molar-refractivity contribution in [3.05, 3.63) is 12.2 Å². The van der Waals surface area contributed by atoms with Crippen LogP contribution in [0.3, 0.4) is 0 Å². The lowest BCUT2D eigenvalue weighted by Crippen LogP contribution is -2.66. The van der Waals surface area contributed by atoms with Crippen LogP contribution in [-0.4, -0.2) is 193 Å². The highest BCUT2D eigenvalue weighted by atomic mass is 16.8. The molecule has 0 aromatic rings. The van der Waals surface area contributed by atoms with Crippen molar-refractivity contribution in [2.45, 2.75) is 426 Å². The first-order chi connectivity index (χ1) is 45.3. The fourth-order valence-corrected chi connectivity index (χ4v) is 13.4. The first-order valence-corrected chi connectivity index (χ1v) is 38.4. The Morgan fingerprint density at radius 2 is 0.677 bits per heavy atom. The molecule has 3 rings (SSSR count). The molecular weight excluding hydrogens is 1190 g/mol. The molecule has 1 amide bonds. The van der Waals surface area contributed by atoms with E-state index in [1.165, 1.54) is 231 Å². The number of nitrogens with one attached hydrogen (secondary N) is 1. The van der Waals surface area contributed by atoms with E-state index in [4.69, 9.17) is 28.4 Å². The Morgan fingerprint density at radius 1 is 0.376 bits per heavy atom. The molecule has 3 aliphatic rings. The van der Waals surface area contributed by atoms with E-state index >= 15 is 0 Å². The Balaban J connectivity index is 1.20. The van der Waals surface area contributed by atoms with Gasteiger partial charge in [-0.2, -0.15) is 0 Å². The summed E-state index contributed by atoms with van der Waals surface area (Å²) in [5.41, 5.74) is 0. The van der Waals surface area contributed by atoms with Gasteiger partial charge in [-0.1, -0.05) is 289 Å². The molecule has 0 aliphatic carbocycles. The third kappa shape index (κ3) is 37.5. The van der Waals surface area contributed by atoms with Gasteiger partial charge in [0, 0.05) is 6.42 Å². The number of rotatable bonds is 61. The van der Waals surface area contributed by atoms with Crippen LogP contribution in [0.2, 0.25) is 0 Å². The Bertz CT molecular complexity index is 1730. The molecule has 550 valence electrons. The van der Waals surface area contributed by atoms with Crippen molar-refractivity contribution < 1.29 is 89.4 Å². The van der Waals surface area contributed by atoms with Gasteiger partial charge in [0.2, 0.25) is 5.91 Å². The number of carbonyl (C=O) groups excluding carboxylic acids is 1. The highest BCUT2D eigenvalue weighted by molar-refractivity contribution is 5.76. The molecule has 17 unspecified atom stereocenters. The molecule has 3 saturated heterocycles. The van der Waals surface area contributed by atoms with E-state index in [9.17, 15) is 61.0 Å². The molecule has 12 N–H and O–H groups in total. The molecule has 93 heavy (non-hydrogen) atoms. The van der Waals surface area contributed by atoms with E-state index < -0.39 is 124 Å². The molecule has 0 saturated carbocycles. The molecule has 19 nitrogen and oxygen atoms in total. The van der Waals surface area contributed by atoms with Gasteiger partial charge in [-0.3, -0.25) is 4.79 Å². The van der Waals surface area contributed by atoms with Gasteiger partial charge in [-0.15, -0.1) is 0 Å². The molecule has 0 bridgehead atoms. The van der Waals surface area contributed by atoms with Crippen LogP contribution < -0.4 is 5.32 Å². The number of carbonyl (C=O) groups is 1. The summed E-state index contributed by atoms with van der Waals surface area (Å²) in [5, 5.41) is 120. The number of ether oxygens (including phenoxy) is 6. The lowest BCUT2D eigenvalue weighted by molar-refractivity contribution is -0.379. The smallest absolute Gasteiger partial charge is 0.220 e. The number of hydrogen-bond acceptors (Lipinski definition) is 18. The maximum Gasteiger partial charge on any atom is 0.220 e. The molecule has 3 heterocycles. The fraction of sp³-hybridized carbons (Fsp3) is 0.959. The third-order valence-electron chi connectivity index (χ3n) is 19.6. The van der Waals surface area contributed by atoms with Crippen molar-refractivity contribution in [2.75, 3.05) is 26.4 Å². The molecule has 19 heteroatoms. The summed E-state index contributed by atoms with van der Waals surface area (Å²) >= 11 is 0. The van der Waals surface area contributed by atoms with E-state index in [0.29, 0.717) is 12.8 Å². The number of unbranched alkanes of at least 4 members (excludes halogenated alkanes) is 43. The van der Waals surface area contributed by atoms with E-state index in [2.05, 4.69) is 31.3 Å². The number of aliphatic hydroxyl groups excluding tert-OH is 11. The number of hydrogen-bond donors (Lipinski definition) is 12. The minimum absolute atomic E-state index is 0.241. The summed E-state index contributed by atoms with van der Waals surface area (Å²) in [7, 11) is 0. The van der Waals surface area contributed by atoms with Crippen LogP contribution in [0, 0.1) is 0 Å². The average Bonchev–Trinajstić information content (AvgIpc) is 0.798. The van der Waals surface area contributed by atoms with Crippen LogP contribution >= 0.6 is 0 Å².